The highest BCUT2D eigenvalue weighted by molar-refractivity contribution is 6.31. The minimum atomic E-state index is -4.57. The molecule has 3 saturated heterocycles. The van der Waals surface area contributed by atoms with Crippen molar-refractivity contribution in [2.75, 3.05) is 39.4 Å². The number of likely N-dealkylation sites (tertiary alicyclic amines) is 1. The Kier molecular flexibility index (Phi) is 7.23. The highest BCUT2D eigenvalue weighted by Gasteiger charge is 2.51. The average molecular weight is 544 g/mol. The number of hydrogen-bond donors (Lipinski definition) is 1. The van der Waals surface area contributed by atoms with E-state index in [1.165, 1.54) is 11.0 Å². The van der Waals surface area contributed by atoms with Gasteiger partial charge in [0.15, 0.2) is 0 Å². The first-order valence-electron chi connectivity index (χ1n) is 12.9. The fraction of sp³-hybridized carbons (Fsp3) is 0.692. The molecule has 3 heterocycles. The van der Waals surface area contributed by atoms with Crippen molar-refractivity contribution in [1.29, 1.82) is 0 Å². The first kappa shape index (κ1) is 26.7. The molecular formula is C26H33ClF3N3O4. The lowest BCUT2D eigenvalue weighted by molar-refractivity contribution is -0.168. The fourth-order valence-electron chi connectivity index (χ4n) is 6.10. The summed E-state index contributed by atoms with van der Waals surface area (Å²) < 4.78 is 44.8. The third-order valence-electron chi connectivity index (χ3n) is 8.64. The minimum Gasteiger partial charge on any atom is -0.391 e. The second kappa shape index (κ2) is 10.0. The molecule has 1 N–H and O–H groups in total. The quantitative estimate of drug-likeness (QED) is 0.618. The van der Waals surface area contributed by atoms with Crippen LogP contribution in [0.2, 0.25) is 5.02 Å². The predicted molar refractivity (Wildman–Crippen MR) is 130 cm³/mol. The number of amides is 2. The summed E-state index contributed by atoms with van der Waals surface area (Å²) in [6.45, 7) is 5.15. The number of alkyl halides is 3. The van der Waals surface area contributed by atoms with Crippen molar-refractivity contribution in [3.05, 3.63) is 34.3 Å². The zero-order valence-corrected chi connectivity index (χ0v) is 21.6. The van der Waals surface area contributed by atoms with Gasteiger partial charge in [0.25, 0.3) is 0 Å². The second-order valence-corrected chi connectivity index (χ2v) is 11.4. The predicted octanol–water partition coefficient (Wildman–Crippen LogP) is 2.96. The molecule has 0 bridgehead atoms. The molecular weight excluding hydrogens is 511 g/mol. The fourth-order valence-corrected chi connectivity index (χ4v) is 6.41. The van der Waals surface area contributed by atoms with Gasteiger partial charge in [0, 0.05) is 19.6 Å². The summed E-state index contributed by atoms with van der Waals surface area (Å²) >= 11 is 5.81. The molecule has 204 valence electrons. The van der Waals surface area contributed by atoms with Crippen LogP contribution in [-0.4, -0.2) is 95.2 Å². The van der Waals surface area contributed by atoms with Crippen LogP contribution in [0, 0.1) is 5.41 Å². The van der Waals surface area contributed by atoms with E-state index >= 15 is 0 Å². The number of hydrogen-bond acceptors (Lipinski definition) is 5. The van der Waals surface area contributed by atoms with E-state index in [4.69, 9.17) is 16.3 Å². The molecule has 3 aliphatic heterocycles. The van der Waals surface area contributed by atoms with Crippen molar-refractivity contribution in [1.82, 2.24) is 14.7 Å². The van der Waals surface area contributed by atoms with Crippen LogP contribution in [0.4, 0.5) is 13.2 Å². The van der Waals surface area contributed by atoms with Gasteiger partial charge in [-0.15, -0.1) is 0 Å². The van der Waals surface area contributed by atoms with E-state index in [1.54, 1.807) is 6.92 Å². The molecule has 4 aliphatic rings. The summed E-state index contributed by atoms with van der Waals surface area (Å²) in [5, 5.41) is 10.0. The molecule has 11 heteroatoms. The van der Waals surface area contributed by atoms with Crippen LogP contribution in [0.5, 0.6) is 0 Å². The van der Waals surface area contributed by atoms with Crippen LogP contribution in [0.3, 0.4) is 0 Å². The van der Waals surface area contributed by atoms with E-state index in [0.29, 0.717) is 31.9 Å². The number of rotatable bonds is 5. The number of nitrogens with zero attached hydrogens (tertiary/aromatic N) is 3. The van der Waals surface area contributed by atoms with Gasteiger partial charge in [-0.05, 0) is 62.3 Å². The molecule has 1 aliphatic carbocycles. The summed E-state index contributed by atoms with van der Waals surface area (Å²) in [5.74, 6) is -0.478. The molecule has 1 aromatic carbocycles. The third kappa shape index (κ3) is 5.35. The lowest BCUT2D eigenvalue weighted by Gasteiger charge is -2.50. The highest BCUT2D eigenvalue weighted by atomic mass is 35.5. The van der Waals surface area contributed by atoms with E-state index in [0.717, 1.165) is 50.9 Å². The number of aliphatic hydroxyl groups is 1. The summed E-state index contributed by atoms with van der Waals surface area (Å²) in [6.07, 6.45) is -1.03. The number of carbonyl (C=O) groups is 2. The maximum Gasteiger partial charge on any atom is 0.417 e. The smallest absolute Gasteiger partial charge is 0.391 e. The second-order valence-electron chi connectivity index (χ2n) is 11.0. The van der Waals surface area contributed by atoms with Gasteiger partial charge in [-0.2, -0.15) is 13.2 Å². The number of carbonyl (C=O) groups excluding carboxylic acids is 2. The Balaban J connectivity index is 1.20. The van der Waals surface area contributed by atoms with Crippen molar-refractivity contribution >= 4 is 23.4 Å². The molecule has 4 fully saturated rings. The van der Waals surface area contributed by atoms with Crippen molar-refractivity contribution in [2.24, 2.45) is 5.41 Å². The van der Waals surface area contributed by atoms with E-state index in [1.807, 2.05) is 4.90 Å². The number of halogens is 4. The van der Waals surface area contributed by atoms with Crippen molar-refractivity contribution in [3.8, 4) is 0 Å². The number of morpholine rings is 1. The molecule has 1 saturated carbocycles. The van der Waals surface area contributed by atoms with E-state index in [9.17, 15) is 27.9 Å². The molecule has 4 atom stereocenters. The van der Waals surface area contributed by atoms with Gasteiger partial charge in [-0.1, -0.05) is 17.7 Å². The number of β-amino-alcohol motifs (C(OH)–C–C–N with tert-alkyl or cyclic N) is 1. The Bertz CT molecular complexity index is 1050. The number of aliphatic hydroxyl groups excluding tert-OH is 1. The number of piperidine rings is 1. The highest BCUT2D eigenvalue weighted by Crippen LogP contribution is 2.53. The summed E-state index contributed by atoms with van der Waals surface area (Å²) in [5.41, 5.74) is -0.436. The molecule has 1 aromatic rings. The average Bonchev–Trinajstić information content (AvgIpc) is 3.62. The van der Waals surface area contributed by atoms with Crippen LogP contribution in [0.15, 0.2) is 18.2 Å². The molecule has 1 spiro atoms. The number of benzene rings is 1. The Morgan fingerprint density at radius 1 is 1.22 bits per heavy atom. The standard InChI is InChI=1S/C26H33ClF3N3O4/c1-16-24(36)33-18(4-8-31-9-7-25(5-6-25)22(34)13-31)14-37-15-19(33)12-32(16)23(35)11-17-2-3-20(21(27)10-17)26(28,29)30/h2-3,10,16,18-19,22,34H,4-9,11-15H2,1H3/t16-,18-,19+,22+/m0/s1. The van der Waals surface area contributed by atoms with Crippen LogP contribution in [-0.2, 0) is 26.9 Å². The van der Waals surface area contributed by atoms with Crippen molar-refractivity contribution in [2.45, 2.75) is 69.4 Å². The van der Waals surface area contributed by atoms with Gasteiger partial charge in [0.05, 0.1) is 48.4 Å². The maximum absolute atomic E-state index is 13.4. The molecule has 5 rings (SSSR count). The molecule has 2 amide bonds. The van der Waals surface area contributed by atoms with Gasteiger partial charge >= 0.3 is 6.18 Å². The number of piperazine rings is 1. The summed E-state index contributed by atoms with van der Waals surface area (Å²) in [4.78, 5) is 32.2. The molecule has 0 aromatic heterocycles. The lowest BCUT2D eigenvalue weighted by atomic mass is 9.90. The Hall–Kier alpha value is -1.88. The number of fused-ring (bicyclic) bond motifs is 1. The first-order valence-corrected chi connectivity index (χ1v) is 13.3. The van der Waals surface area contributed by atoms with Gasteiger partial charge < -0.3 is 24.5 Å². The van der Waals surface area contributed by atoms with Crippen molar-refractivity contribution < 1.29 is 32.6 Å². The van der Waals surface area contributed by atoms with Crippen LogP contribution >= 0.6 is 11.6 Å². The van der Waals surface area contributed by atoms with Crippen LogP contribution < -0.4 is 0 Å². The zero-order valence-electron chi connectivity index (χ0n) is 20.8. The lowest BCUT2D eigenvalue weighted by Crippen LogP contribution is -2.68. The van der Waals surface area contributed by atoms with Crippen LogP contribution in [0.25, 0.3) is 0 Å². The normalized spacial score (nSPS) is 29.9. The van der Waals surface area contributed by atoms with Gasteiger partial charge in [0.1, 0.15) is 6.04 Å². The topological polar surface area (TPSA) is 73.3 Å². The van der Waals surface area contributed by atoms with Gasteiger partial charge in [0.2, 0.25) is 11.8 Å². The minimum absolute atomic E-state index is 0.103. The maximum atomic E-state index is 13.4. The Labute approximate surface area is 219 Å². The summed E-state index contributed by atoms with van der Waals surface area (Å²) in [6, 6.07) is 2.23. The van der Waals surface area contributed by atoms with Crippen molar-refractivity contribution in [3.63, 3.8) is 0 Å². The van der Waals surface area contributed by atoms with Gasteiger partial charge in [-0.3, -0.25) is 9.59 Å². The largest absolute Gasteiger partial charge is 0.417 e. The molecule has 7 nitrogen and oxygen atoms in total. The Morgan fingerprint density at radius 3 is 2.62 bits per heavy atom. The Morgan fingerprint density at radius 2 is 1.97 bits per heavy atom. The van der Waals surface area contributed by atoms with Crippen LogP contribution in [0.1, 0.15) is 43.7 Å². The molecule has 0 unspecified atom stereocenters. The number of ether oxygens (including phenoxy) is 1. The SMILES string of the molecule is C[C@H]1C(=O)N2[C@@H](CCN3CCC4(CC4)[C@H](O)C3)COC[C@H]2CN1C(=O)Cc1ccc(C(F)(F)F)c(Cl)c1. The molecule has 0 radical (unpaired) electrons. The zero-order chi connectivity index (χ0) is 26.5. The van der Waals surface area contributed by atoms with E-state index < -0.39 is 22.8 Å². The van der Waals surface area contributed by atoms with Gasteiger partial charge in [-0.25, -0.2) is 0 Å². The monoisotopic (exact) mass is 543 g/mol. The molecule has 37 heavy (non-hydrogen) atoms. The summed E-state index contributed by atoms with van der Waals surface area (Å²) in [7, 11) is 0. The van der Waals surface area contributed by atoms with E-state index in [2.05, 4.69) is 4.90 Å². The first-order chi connectivity index (χ1) is 17.5. The van der Waals surface area contributed by atoms with E-state index in [-0.39, 0.29) is 41.8 Å². The third-order valence-corrected chi connectivity index (χ3v) is 8.96.